The van der Waals surface area contributed by atoms with Gasteiger partial charge in [0.05, 0.1) is 13.2 Å². The number of hydrogen-bond acceptors (Lipinski definition) is 2. The van der Waals surface area contributed by atoms with E-state index in [-0.39, 0.29) is 12.0 Å². The molecule has 0 radical (unpaired) electrons. The van der Waals surface area contributed by atoms with Crippen LogP contribution < -0.4 is 4.74 Å². The summed E-state index contributed by atoms with van der Waals surface area (Å²) in [5.74, 6) is 0.878. The minimum Gasteiger partial charge on any atom is -0.494 e. The van der Waals surface area contributed by atoms with Crippen LogP contribution in [0.2, 0.25) is 0 Å². The molecule has 0 saturated heterocycles. The van der Waals surface area contributed by atoms with Gasteiger partial charge in [-0.05, 0) is 30.5 Å². The largest absolute Gasteiger partial charge is 0.494 e. The molecule has 1 N–H and O–H groups in total. The van der Waals surface area contributed by atoms with Crippen molar-refractivity contribution in [3.05, 3.63) is 66.2 Å². The first-order chi connectivity index (χ1) is 9.80. The van der Waals surface area contributed by atoms with Crippen molar-refractivity contribution in [2.24, 2.45) is 0 Å². The second-order valence-corrected chi connectivity index (χ2v) is 5.07. The van der Waals surface area contributed by atoms with E-state index >= 15 is 0 Å². The quantitative estimate of drug-likeness (QED) is 0.829. The van der Waals surface area contributed by atoms with Gasteiger partial charge in [-0.2, -0.15) is 0 Å². The van der Waals surface area contributed by atoms with E-state index in [9.17, 15) is 5.11 Å². The van der Waals surface area contributed by atoms with Gasteiger partial charge in [0.1, 0.15) is 5.75 Å². The average Bonchev–Trinajstić information content (AvgIpc) is 2.54. The molecule has 0 aliphatic carbocycles. The first-order valence-corrected chi connectivity index (χ1v) is 7.15. The molecule has 20 heavy (non-hydrogen) atoms. The van der Waals surface area contributed by atoms with Crippen LogP contribution in [0.25, 0.3) is 0 Å². The summed E-state index contributed by atoms with van der Waals surface area (Å²) >= 11 is 0. The summed E-state index contributed by atoms with van der Waals surface area (Å²) in [6.07, 6.45) is 1.70. The lowest BCUT2D eigenvalue weighted by atomic mass is 9.76. The summed E-state index contributed by atoms with van der Waals surface area (Å²) in [6, 6.07) is 20.0. The molecule has 0 aliphatic heterocycles. The summed E-state index contributed by atoms with van der Waals surface area (Å²) in [5.41, 5.74) is 0.970. The highest BCUT2D eigenvalue weighted by atomic mass is 16.5. The van der Waals surface area contributed by atoms with Crippen LogP contribution in [0.1, 0.15) is 25.3 Å². The normalized spacial score (nSPS) is 13.7. The Morgan fingerprint density at radius 3 is 2.10 bits per heavy atom. The molecule has 0 aromatic heterocycles. The number of rotatable bonds is 7. The fourth-order valence-corrected chi connectivity index (χ4v) is 2.48. The number of ether oxygens (including phenoxy) is 1. The Bertz CT molecular complexity index is 489. The molecule has 2 aromatic rings. The number of aliphatic hydroxyl groups excluding tert-OH is 1. The Hall–Kier alpha value is -1.80. The van der Waals surface area contributed by atoms with Crippen LogP contribution in [-0.2, 0) is 5.41 Å². The van der Waals surface area contributed by atoms with Crippen LogP contribution >= 0.6 is 0 Å². The standard InChI is InChI=1S/C18H22O2/c1-2-18(15-19,16-9-5-3-6-10-16)13-14-20-17-11-7-4-8-12-17/h3-12,19H,2,13-15H2,1H3. The summed E-state index contributed by atoms with van der Waals surface area (Å²) < 4.78 is 5.78. The van der Waals surface area contributed by atoms with Crippen molar-refractivity contribution in [3.63, 3.8) is 0 Å². The van der Waals surface area contributed by atoms with Gasteiger partial charge in [-0.15, -0.1) is 0 Å². The molecule has 2 rings (SSSR count). The smallest absolute Gasteiger partial charge is 0.119 e. The van der Waals surface area contributed by atoms with Gasteiger partial charge in [-0.25, -0.2) is 0 Å². The van der Waals surface area contributed by atoms with Gasteiger partial charge in [0, 0.05) is 5.41 Å². The van der Waals surface area contributed by atoms with Crippen LogP contribution in [0, 0.1) is 0 Å². The molecule has 2 aromatic carbocycles. The molecule has 0 amide bonds. The molecular weight excluding hydrogens is 248 g/mol. The van der Waals surface area contributed by atoms with Crippen molar-refractivity contribution < 1.29 is 9.84 Å². The highest BCUT2D eigenvalue weighted by Gasteiger charge is 2.29. The molecular formula is C18H22O2. The zero-order valence-electron chi connectivity index (χ0n) is 12.0. The maximum absolute atomic E-state index is 9.87. The van der Waals surface area contributed by atoms with Crippen molar-refractivity contribution in [3.8, 4) is 5.75 Å². The zero-order chi connectivity index (χ0) is 14.3. The van der Waals surface area contributed by atoms with Crippen molar-refractivity contribution in [2.45, 2.75) is 25.2 Å². The van der Waals surface area contributed by atoms with Crippen LogP contribution in [0.4, 0.5) is 0 Å². The van der Waals surface area contributed by atoms with E-state index in [1.165, 1.54) is 5.56 Å². The fourth-order valence-electron chi connectivity index (χ4n) is 2.48. The van der Waals surface area contributed by atoms with Crippen LogP contribution in [-0.4, -0.2) is 18.3 Å². The number of benzene rings is 2. The van der Waals surface area contributed by atoms with Crippen molar-refractivity contribution in [1.82, 2.24) is 0 Å². The highest BCUT2D eigenvalue weighted by molar-refractivity contribution is 5.26. The lowest BCUT2D eigenvalue weighted by Crippen LogP contribution is -2.32. The summed E-state index contributed by atoms with van der Waals surface area (Å²) in [4.78, 5) is 0. The zero-order valence-corrected chi connectivity index (χ0v) is 12.0. The molecule has 0 heterocycles. The SMILES string of the molecule is CCC(CO)(CCOc1ccccc1)c1ccccc1. The van der Waals surface area contributed by atoms with E-state index in [2.05, 4.69) is 19.1 Å². The van der Waals surface area contributed by atoms with Gasteiger partial charge in [0.15, 0.2) is 0 Å². The highest BCUT2D eigenvalue weighted by Crippen LogP contribution is 2.31. The molecule has 0 bridgehead atoms. The van der Waals surface area contributed by atoms with Crippen LogP contribution in [0.15, 0.2) is 60.7 Å². The Kier molecular flexibility index (Phi) is 5.19. The van der Waals surface area contributed by atoms with E-state index in [0.717, 1.165) is 18.6 Å². The topological polar surface area (TPSA) is 29.5 Å². The van der Waals surface area contributed by atoms with E-state index in [1.807, 2.05) is 48.5 Å². The molecule has 0 spiro atoms. The van der Waals surface area contributed by atoms with Crippen LogP contribution in [0.3, 0.4) is 0 Å². The summed E-state index contributed by atoms with van der Waals surface area (Å²) in [5, 5.41) is 9.87. The minimum absolute atomic E-state index is 0.145. The van der Waals surface area contributed by atoms with Gasteiger partial charge in [0.25, 0.3) is 0 Å². The van der Waals surface area contributed by atoms with Gasteiger partial charge in [-0.1, -0.05) is 55.5 Å². The van der Waals surface area contributed by atoms with Gasteiger partial charge in [0.2, 0.25) is 0 Å². The third-order valence-electron chi connectivity index (χ3n) is 3.96. The van der Waals surface area contributed by atoms with Crippen molar-refractivity contribution >= 4 is 0 Å². The molecule has 2 nitrogen and oxygen atoms in total. The Morgan fingerprint density at radius 2 is 1.55 bits per heavy atom. The van der Waals surface area contributed by atoms with Crippen molar-refractivity contribution in [2.75, 3.05) is 13.2 Å². The maximum Gasteiger partial charge on any atom is 0.119 e. The Balaban J connectivity index is 2.03. The fraction of sp³-hybridized carbons (Fsp3) is 0.333. The molecule has 0 fully saturated rings. The molecule has 1 unspecified atom stereocenters. The maximum atomic E-state index is 9.87. The number of para-hydroxylation sites is 1. The monoisotopic (exact) mass is 270 g/mol. The molecule has 0 aliphatic rings. The van der Waals surface area contributed by atoms with Gasteiger partial charge >= 0.3 is 0 Å². The third kappa shape index (κ3) is 3.40. The first-order valence-electron chi connectivity index (χ1n) is 7.15. The third-order valence-corrected chi connectivity index (χ3v) is 3.96. The van der Waals surface area contributed by atoms with E-state index < -0.39 is 0 Å². The number of aliphatic hydroxyl groups is 1. The second-order valence-electron chi connectivity index (χ2n) is 5.07. The number of hydrogen-bond donors (Lipinski definition) is 1. The predicted molar refractivity (Wildman–Crippen MR) is 82.1 cm³/mol. The molecule has 1 atom stereocenters. The van der Waals surface area contributed by atoms with E-state index in [0.29, 0.717) is 6.61 Å². The summed E-state index contributed by atoms with van der Waals surface area (Å²) in [7, 11) is 0. The second kappa shape index (κ2) is 7.11. The lowest BCUT2D eigenvalue weighted by molar-refractivity contribution is 0.154. The predicted octanol–water partition coefficient (Wildman–Crippen LogP) is 3.80. The van der Waals surface area contributed by atoms with Crippen molar-refractivity contribution in [1.29, 1.82) is 0 Å². The molecule has 0 saturated carbocycles. The average molecular weight is 270 g/mol. The Morgan fingerprint density at radius 1 is 0.950 bits per heavy atom. The molecule has 2 heteroatoms. The van der Waals surface area contributed by atoms with Crippen LogP contribution in [0.5, 0.6) is 5.75 Å². The molecule has 106 valence electrons. The van der Waals surface area contributed by atoms with Gasteiger partial charge < -0.3 is 9.84 Å². The van der Waals surface area contributed by atoms with Gasteiger partial charge in [-0.3, -0.25) is 0 Å². The Labute approximate surface area is 121 Å². The summed E-state index contributed by atoms with van der Waals surface area (Å²) in [6.45, 7) is 2.87. The van der Waals surface area contributed by atoms with E-state index in [1.54, 1.807) is 0 Å². The van der Waals surface area contributed by atoms with E-state index in [4.69, 9.17) is 4.74 Å². The minimum atomic E-state index is -0.212. The lowest BCUT2D eigenvalue weighted by Gasteiger charge is -2.31. The first kappa shape index (κ1) is 14.6.